The van der Waals surface area contributed by atoms with Crippen molar-refractivity contribution in [3.8, 4) is 17.1 Å². The molecule has 0 unspecified atom stereocenters. The quantitative estimate of drug-likeness (QED) is 0.893. The average molecular weight is 305 g/mol. The molecule has 2 rings (SSSR count). The minimum Gasteiger partial charge on any atom is -0.506 e. The van der Waals surface area contributed by atoms with Gasteiger partial charge in [0.15, 0.2) is 0 Å². The molecule has 0 aromatic carbocycles. The van der Waals surface area contributed by atoms with E-state index >= 15 is 0 Å². The SMILES string of the molecule is Cn1nnc(-c2ccc(O)cn2)c1CNC(=O)OC(C)(C)C. The largest absolute Gasteiger partial charge is 0.506 e. The van der Waals surface area contributed by atoms with Gasteiger partial charge >= 0.3 is 6.09 Å². The van der Waals surface area contributed by atoms with Crippen molar-refractivity contribution < 1.29 is 14.6 Å². The lowest BCUT2D eigenvalue weighted by molar-refractivity contribution is 0.0522. The Labute approximate surface area is 128 Å². The molecule has 0 radical (unpaired) electrons. The van der Waals surface area contributed by atoms with Crippen molar-refractivity contribution >= 4 is 6.09 Å². The molecule has 2 aromatic heterocycles. The first-order valence-corrected chi connectivity index (χ1v) is 6.77. The fraction of sp³-hybridized carbons (Fsp3) is 0.429. The Hall–Kier alpha value is -2.64. The van der Waals surface area contributed by atoms with Crippen LogP contribution in [0.25, 0.3) is 11.4 Å². The number of aryl methyl sites for hydroxylation is 1. The highest BCUT2D eigenvalue weighted by Gasteiger charge is 2.18. The number of carbonyl (C=O) groups excluding carboxylic acids is 1. The van der Waals surface area contributed by atoms with Crippen LogP contribution in [0.4, 0.5) is 4.79 Å². The number of nitrogens with zero attached hydrogens (tertiary/aromatic N) is 4. The average Bonchev–Trinajstić information content (AvgIpc) is 2.77. The summed E-state index contributed by atoms with van der Waals surface area (Å²) in [7, 11) is 1.73. The van der Waals surface area contributed by atoms with E-state index in [4.69, 9.17) is 4.74 Å². The molecule has 2 N–H and O–H groups in total. The van der Waals surface area contributed by atoms with Crippen LogP contribution < -0.4 is 5.32 Å². The molecule has 0 bridgehead atoms. The summed E-state index contributed by atoms with van der Waals surface area (Å²) in [6.45, 7) is 5.59. The highest BCUT2D eigenvalue weighted by atomic mass is 16.6. The second-order valence-corrected chi connectivity index (χ2v) is 5.77. The first-order valence-electron chi connectivity index (χ1n) is 6.77. The second kappa shape index (κ2) is 6.00. The molecule has 0 saturated heterocycles. The van der Waals surface area contributed by atoms with Crippen LogP contribution in [0.2, 0.25) is 0 Å². The lowest BCUT2D eigenvalue weighted by Crippen LogP contribution is -2.32. The van der Waals surface area contributed by atoms with Gasteiger partial charge in [0.05, 0.1) is 24.1 Å². The zero-order chi connectivity index (χ0) is 16.3. The third-order valence-corrected chi connectivity index (χ3v) is 2.73. The molecule has 1 amide bonds. The Kier molecular flexibility index (Phi) is 4.30. The van der Waals surface area contributed by atoms with Gasteiger partial charge in [-0.15, -0.1) is 5.10 Å². The molecule has 2 heterocycles. The van der Waals surface area contributed by atoms with E-state index in [1.807, 2.05) is 0 Å². The van der Waals surface area contributed by atoms with Gasteiger partial charge in [0.25, 0.3) is 0 Å². The summed E-state index contributed by atoms with van der Waals surface area (Å²) >= 11 is 0. The Morgan fingerprint density at radius 3 is 2.73 bits per heavy atom. The summed E-state index contributed by atoms with van der Waals surface area (Å²) < 4.78 is 6.75. The summed E-state index contributed by atoms with van der Waals surface area (Å²) in [6.07, 6.45) is 0.813. The third-order valence-electron chi connectivity index (χ3n) is 2.73. The number of hydrogen-bond acceptors (Lipinski definition) is 6. The number of amides is 1. The standard InChI is InChI=1S/C14H19N5O3/c1-14(2,3)22-13(21)16-8-11-12(17-18-19(11)4)10-6-5-9(20)7-15-10/h5-7,20H,8H2,1-4H3,(H,16,21). The molecule has 0 atom stereocenters. The van der Waals surface area contributed by atoms with Crippen LogP contribution in [-0.2, 0) is 18.3 Å². The number of pyridine rings is 1. The van der Waals surface area contributed by atoms with E-state index < -0.39 is 11.7 Å². The molecule has 2 aromatic rings. The van der Waals surface area contributed by atoms with E-state index in [-0.39, 0.29) is 12.3 Å². The van der Waals surface area contributed by atoms with Crippen LogP contribution in [0.3, 0.4) is 0 Å². The summed E-state index contributed by atoms with van der Waals surface area (Å²) in [5.41, 5.74) is 1.23. The summed E-state index contributed by atoms with van der Waals surface area (Å²) in [4.78, 5) is 15.8. The zero-order valence-corrected chi connectivity index (χ0v) is 13.0. The van der Waals surface area contributed by atoms with Gasteiger partial charge < -0.3 is 15.2 Å². The van der Waals surface area contributed by atoms with Gasteiger partial charge in [-0.2, -0.15) is 0 Å². The van der Waals surface area contributed by atoms with Crippen LogP contribution in [0.1, 0.15) is 26.5 Å². The molecule has 0 aliphatic heterocycles. The minimum atomic E-state index is -0.559. The first-order chi connectivity index (χ1) is 10.3. The van der Waals surface area contributed by atoms with Crippen LogP contribution >= 0.6 is 0 Å². The molecular weight excluding hydrogens is 286 g/mol. The van der Waals surface area contributed by atoms with Crippen molar-refractivity contribution in [1.82, 2.24) is 25.3 Å². The van der Waals surface area contributed by atoms with Crippen molar-refractivity contribution in [3.63, 3.8) is 0 Å². The normalized spacial score (nSPS) is 11.3. The van der Waals surface area contributed by atoms with Gasteiger partial charge in [0.2, 0.25) is 0 Å². The van der Waals surface area contributed by atoms with Gasteiger partial charge in [-0.25, -0.2) is 9.48 Å². The molecular formula is C14H19N5O3. The van der Waals surface area contributed by atoms with Crippen LogP contribution in [0.15, 0.2) is 18.3 Å². The topological polar surface area (TPSA) is 102 Å². The molecule has 22 heavy (non-hydrogen) atoms. The summed E-state index contributed by atoms with van der Waals surface area (Å²) in [5.74, 6) is 0.0704. The molecule has 118 valence electrons. The number of hydrogen-bond donors (Lipinski definition) is 2. The Bertz CT molecular complexity index is 658. The van der Waals surface area contributed by atoms with Gasteiger partial charge in [0.1, 0.15) is 17.0 Å². The lowest BCUT2D eigenvalue weighted by Gasteiger charge is -2.19. The third kappa shape index (κ3) is 3.94. The summed E-state index contributed by atoms with van der Waals surface area (Å²) in [6, 6.07) is 3.15. The predicted octanol–water partition coefficient (Wildman–Crippen LogP) is 1.61. The minimum absolute atomic E-state index is 0.0704. The van der Waals surface area contributed by atoms with Crippen LogP contribution in [0.5, 0.6) is 5.75 Å². The van der Waals surface area contributed by atoms with Crippen molar-refractivity contribution in [2.75, 3.05) is 0 Å². The van der Waals surface area contributed by atoms with E-state index in [2.05, 4.69) is 20.6 Å². The van der Waals surface area contributed by atoms with E-state index in [0.717, 1.165) is 0 Å². The second-order valence-electron chi connectivity index (χ2n) is 5.77. The first kappa shape index (κ1) is 15.7. The zero-order valence-electron chi connectivity index (χ0n) is 13.0. The van der Waals surface area contributed by atoms with E-state index in [1.54, 1.807) is 38.6 Å². The smallest absolute Gasteiger partial charge is 0.407 e. The number of ether oxygens (including phenoxy) is 1. The molecule has 8 nitrogen and oxygen atoms in total. The van der Waals surface area contributed by atoms with Crippen molar-refractivity contribution in [1.29, 1.82) is 0 Å². The van der Waals surface area contributed by atoms with Gasteiger partial charge in [0, 0.05) is 7.05 Å². The Morgan fingerprint density at radius 1 is 1.41 bits per heavy atom. The Balaban J connectivity index is 2.13. The predicted molar refractivity (Wildman–Crippen MR) is 79.0 cm³/mol. The number of nitrogens with one attached hydrogen (secondary N) is 1. The van der Waals surface area contributed by atoms with Gasteiger partial charge in [-0.05, 0) is 32.9 Å². The fourth-order valence-corrected chi connectivity index (χ4v) is 1.77. The maximum absolute atomic E-state index is 11.7. The number of aromatic hydroxyl groups is 1. The lowest BCUT2D eigenvalue weighted by atomic mass is 10.2. The van der Waals surface area contributed by atoms with E-state index in [1.165, 1.54) is 12.3 Å². The molecule has 0 saturated carbocycles. The van der Waals surface area contributed by atoms with Crippen molar-refractivity contribution in [2.45, 2.75) is 32.9 Å². The maximum Gasteiger partial charge on any atom is 0.407 e. The molecule has 8 heteroatoms. The molecule has 0 spiro atoms. The van der Waals surface area contributed by atoms with Gasteiger partial charge in [-0.3, -0.25) is 4.98 Å². The van der Waals surface area contributed by atoms with Gasteiger partial charge in [-0.1, -0.05) is 5.21 Å². The highest BCUT2D eigenvalue weighted by Crippen LogP contribution is 2.20. The van der Waals surface area contributed by atoms with Crippen LogP contribution in [-0.4, -0.2) is 36.8 Å². The Morgan fingerprint density at radius 2 is 2.14 bits per heavy atom. The molecule has 0 aliphatic rings. The number of aromatic nitrogens is 4. The monoisotopic (exact) mass is 305 g/mol. The number of carbonyl (C=O) groups is 1. The molecule has 0 fully saturated rings. The fourth-order valence-electron chi connectivity index (χ4n) is 1.77. The highest BCUT2D eigenvalue weighted by molar-refractivity contribution is 5.68. The maximum atomic E-state index is 11.7. The van der Waals surface area contributed by atoms with Crippen molar-refractivity contribution in [2.24, 2.45) is 7.05 Å². The number of alkyl carbamates (subject to hydrolysis) is 1. The van der Waals surface area contributed by atoms with Crippen molar-refractivity contribution in [3.05, 3.63) is 24.0 Å². The molecule has 0 aliphatic carbocycles. The summed E-state index contributed by atoms with van der Waals surface area (Å²) in [5, 5.41) is 19.9. The van der Waals surface area contributed by atoms with E-state index in [0.29, 0.717) is 17.1 Å². The van der Waals surface area contributed by atoms with E-state index in [9.17, 15) is 9.90 Å². The number of rotatable bonds is 3. The van der Waals surface area contributed by atoms with Crippen LogP contribution in [0, 0.1) is 0 Å².